The number of rotatable bonds is 4. The predicted octanol–water partition coefficient (Wildman–Crippen LogP) is 2.80. The minimum Gasteiger partial charge on any atom is -0.444 e. The van der Waals surface area contributed by atoms with Crippen molar-refractivity contribution in [3.8, 4) is 0 Å². The van der Waals surface area contributed by atoms with Crippen LogP contribution in [0, 0.1) is 0 Å². The molecule has 0 spiro atoms. The van der Waals surface area contributed by atoms with Crippen LogP contribution in [0.25, 0.3) is 0 Å². The van der Waals surface area contributed by atoms with E-state index in [1.54, 1.807) is 7.11 Å². The maximum Gasteiger partial charge on any atom is 0.408 e. The van der Waals surface area contributed by atoms with Crippen LogP contribution in [0.4, 0.5) is 4.79 Å². The Labute approximate surface area is 139 Å². The van der Waals surface area contributed by atoms with Gasteiger partial charge in [0.1, 0.15) is 5.60 Å². The van der Waals surface area contributed by atoms with Crippen LogP contribution in [0.2, 0.25) is 0 Å². The van der Waals surface area contributed by atoms with E-state index in [9.17, 15) is 4.79 Å². The lowest BCUT2D eigenvalue weighted by molar-refractivity contribution is 0.000217. The van der Waals surface area contributed by atoms with E-state index in [4.69, 9.17) is 9.47 Å². The van der Waals surface area contributed by atoms with E-state index in [0.717, 1.165) is 26.1 Å². The minimum atomic E-state index is -0.495. The first-order valence-electron chi connectivity index (χ1n) is 8.16. The second-order valence-electron chi connectivity index (χ2n) is 7.04. The molecule has 1 aliphatic rings. The average Bonchev–Trinajstić information content (AvgIpc) is 2.46. The van der Waals surface area contributed by atoms with Crippen molar-refractivity contribution in [3.05, 3.63) is 35.9 Å². The van der Waals surface area contributed by atoms with Crippen LogP contribution >= 0.6 is 0 Å². The predicted molar refractivity (Wildman–Crippen MR) is 90.3 cm³/mol. The maximum absolute atomic E-state index is 12.0. The number of hydrogen-bond donors (Lipinski definition) is 1. The van der Waals surface area contributed by atoms with Gasteiger partial charge in [0.05, 0.1) is 12.1 Å². The second kappa shape index (κ2) is 7.79. The summed E-state index contributed by atoms with van der Waals surface area (Å²) in [6.07, 6.45) is 0.532. The van der Waals surface area contributed by atoms with E-state index in [-0.39, 0.29) is 18.2 Å². The van der Waals surface area contributed by atoms with Gasteiger partial charge in [-0.2, -0.15) is 0 Å². The Kier molecular flexibility index (Phi) is 6.02. The van der Waals surface area contributed by atoms with Crippen molar-refractivity contribution in [2.75, 3.05) is 20.2 Å². The Bertz CT molecular complexity index is 499. The lowest BCUT2D eigenvalue weighted by atomic mass is 10.0. The van der Waals surface area contributed by atoms with Gasteiger partial charge in [0.15, 0.2) is 0 Å². The molecule has 128 valence electrons. The molecule has 1 aromatic rings. The summed E-state index contributed by atoms with van der Waals surface area (Å²) in [6.45, 7) is 8.19. The number of methoxy groups -OCH3 is 1. The molecule has 0 aliphatic carbocycles. The summed E-state index contributed by atoms with van der Waals surface area (Å²) in [7, 11) is 1.70. The zero-order valence-corrected chi connectivity index (χ0v) is 14.5. The number of carbonyl (C=O) groups is 1. The number of nitrogens with one attached hydrogen (secondary N) is 1. The highest BCUT2D eigenvalue weighted by Gasteiger charge is 2.31. The largest absolute Gasteiger partial charge is 0.444 e. The highest BCUT2D eigenvalue weighted by molar-refractivity contribution is 5.68. The Morgan fingerprint density at radius 1 is 1.30 bits per heavy atom. The molecular formula is C18H28N2O3. The molecule has 5 nitrogen and oxygen atoms in total. The monoisotopic (exact) mass is 320 g/mol. The lowest BCUT2D eigenvalue weighted by Gasteiger charge is -2.38. The second-order valence-corrected chi connectivity index (χ2v) is 7.04. The van der Waals surface area contributed by atoms with Crippen LogP contribution in [0.5, 0.6) is 0 Å². The normalized spacial score (nSPS) is 22.6. The molecule has 1 aromatic carbocycles. The number of alkyl carbamates (subject to hydrolysis) is 1. The van der Waals surface area contributed by atoms with Gasteiger partial charge in [-0.15, -0.1) is 0 Å². The molecule has 1 amide bonds. The van der Waals surface area contributed by atoms with E-state index in [1.165, 1.54) is 5.56 Å². The number of likely N-dealkylation sites (tertiary alicyclic amines) is 1. The van der Waals surface area contributed by atoms with Gasteiger partial charge in [-0.25, -0.2) is 4.79 Å². The maximum atomic E-state index is 12.0. The van der Waals surface area contributed by atoms with E-state index in [0.29, 0.717) is 0 Å². The van der Waals surface area contributed by atoms with Gasteiger partial charge in [0, 0.05) is 26.7 Å². The van der Waals surface area contributed by atoms with Crippen molar-refractivity contribution in [3.63, 3.8) is 0 Å². The molecule has 1 heterocycles. The first-order valence-corrected chi connectivity index (χ1v) is 8.16. The van der Waals surface area contributed by atoms with Gasteiger partial charge in [0.2, 0.25) is 0 Å². The fourth-order valence-electron chi connectivity index (χ4n) is 2.86. The molecule has 2 atom stereocenters. The van der Waals surface area contributed by atoms with Gasteiger partial charge < -0.3 is 14.8 Å². The number of nitrogens with zero attached hydrogens (tertiary/aromatic N) is 1. The van der Waals surface area contributed by atoms with Crippen LogP contribution in [-0.2, 0) is 16.0 Å². The average molecular weight is 320 g/mol. The van der Waals surface area contributed by atoms with E-state index in [2.05, 4.69) is 22.3 Å². The van der Waals surface area contributed by atoms with Crippen molar-refractivity contribution < 1.29 is 14.3 Å². The fourth-order valence-corrected chi connectivity index (χ4v) is 2.86. The molecule has 0 aromatic heterocycles. The zero-order chi connectivity index (χ0) is 16.9. The third-order valence-electron chi connectivity index (χ3n) is 3.89. The van der Waals surface area contributed by atoms with E-state index < -0.39 is 5.60 Å². The molecule has 0 bridgehead atoms. The van der Waals surface area contributed by atoms with E-state index >= 15 is 0 Å². The Hall–Kier alpha value is -1.59. The van der Waals surface area contributed by atoms with E-state index in [1.807, 2.05) is 39.0 Å². The summed E-state index contributed by atoms with van der Waals surface area (Å²) in [6, 6.07) is 10.3. The highest BCUT2D eigenvalue weighted by Crippen LogP contribution is 2.17. The van der Waals surface area contributed by atoms with Crippen molar-refractivity contribution in [1.82, 2.24) is 10.2 Å². The summed E-state index contributed by atoms with van der Waals surface area (Å²) in [5.74, 6) is 0. The van der Waals surface area contributed by atoms with Crippen molar-refractivity contribution >= 4 is 6.09 Å². The molecule has 1 saturated heterocycles. The Morgan fingerprint density at radius 3 is 2.61 bits per heavy atom. The number of carbonyl (C=O) groups excluding carboxylic acids is 1. The quantitative estimate of drug-likeness (QED) is 0.927. The molecule has 0 radical (unpaired) electrons. The summed E-state index contributed by atoms with van der Waals surface area (Å²) in [5.41, 5.74) is 0.782. The number of hydrogen-bond acceptors (Lipinski definition) is 4. The molecule has 1 N–H and O–H groups in total. The third kappa shape index (κ3) is 5.84. The highest BCUT2D eigenvalue weighted by atomic mass is 16.6. The Morgan fingerprint density at radius 2 is 2.00 bits per heavy atom. The molecule has 5 heteroatoms. The van der Waals surface area contributed by atoms with Gasteiger partial charge in [-0.3, -0.25) is 4.90 Å². The van der Waals surface area contributed by atoms with Crippen LogP contribution in [0.1, 0.15) is 32.8 Å². The summed E-state index contributed by atoms with van der Waals surface area (Å²) in [4.78, 5) is 14.4. The molecule has 1 fully saturated rings. The van der Waals surface area contributed by atoms with Crippen LogP contribution in [0.15, 0.2) is 30.3 Å². The molecule has 2 unspecified atom stereocenters. The molecule has 1 aliphatic heterocycles. The number of piperidine rings is 1. The Balaban J connectivity index is 1.94. The van der Waals surface area contributed by atoms with Crippen LogP contribution in [0.3, 0.4) is 0 Å². The van der Waals surface area contributed by atoms with Crippen LogP contribution < -0.4 is 5.32 Å². The van der Waals surface area contributed by atoms with Crippen LogP contribution in [-0.4, -0.2) is 48.9 Å². The molecule has 2 rings (SSSR count). The van der Waals surface area contributed by atoms with Crippen molar-refractivity contribution in [2.24, 2.45) is 0 Å². The van der Waals surface area contributed by atoms with Gasteiger partial charge in [-0.1, -0.05) is 30.3 Å². The SMILES string of the molecule is COC1CCN(Cc2ccccc2)CC1NC(=O)OC(C)(C)C. The zero-order valence-electron chi connectivity index (χ0n) is 14.5. The van der Waals surface area contributed by atoms with Crippen molar-refractivity contribution in [2.45, 2.75) is 51.5 Å². The summed E-state index contributed by atoms with van der Waals surface area (Å²) < 4.78 is 10.9. The fraction of sp³-hybridized carbons (Fsp3) is 0.611. The first-order chi connectivity index (χ1) is 10.9. The van der Waals surface area contributed by atoms with Crippen molar-refractivity contribution in [1.29, 1.82) is 0 Å². The molecular weight excluding hydrogens is 292 g/mol. The minimum absolute atomic E-state index is 0.0227. The van der Waals surface area contributed by atoms with Gasteiger partial charge in [0.25, 0.3) is 0 Å². The van der Waals surface area contributed by atoms with Gasteiger partial charge >= 0.3 is 6.09 Å². The summed E-state index contributed by atoms with van der Waals surface area (Å²) >= 11 is 0. The third-order valence-corrected chi connectivity index (χ3v) is 3.89. The number of amides is 1. The first kappa shape index (κ1) is 17.8. The smallest absolute Gasteiger partial charge is 0.408 e. The molecule has 0 saturated carbocycles. The summed E-state index contributed by atoms with van der Waals surface area (Å²) in [5, 5.41) is 2.96. The topological polar surface area (TPSA) is 50.8 Å². The standard InChI is InChI=1S/C18H28N2O3/c1-18(2,3)23-17(21)19-15-13-20(11-10-16(15)22-4)12-14-8-6-5-7-9-14/h5-9,15-16H,10-13H2,1-4H3,(H,19,21). The van der Waals surface area contributed by atoms with Gasteiger partial charge in [-0.05, 0) is 32.8 Å². The lowest BCUT2D eigenvalue weighted by Crippen LogP contribution is -2.56. The number of ether oxygens (including phenoxy) is 2. The molecule has 23 heavy (non-hydrogen) atoms. The number of benzene rings is 1.